The van der Waals surface area contributed by atoms with Crippen LogP contribution in [0.2, 0.25) is 5.15 Å². The van der Waals surface area contributed by atoms with Crippen LogP contribution in [-0.2, 0) is 16.1 Å². The Morgan fingerprint density at radius 1 is 1.47 bits per heavy atom. The van der Waals surface area contributed by atoms with Gasteiger partial charge >= 0.3 is 5.97 Å². The van der Waals surface area contributed by atoms with Gasteiger partial charge in [-0.05, 0) is 37.7 Å². The number of esters is 1. The van der Waals surface area contributed by atoms with Gasteiger partial charge in [0, 0.05) is 24.2 Å². The monoisotopic (exact) mass is 439 g/mol. The summed E-state index contributed by atoms with van der Waals surface area (Å²) in [5.74, 6) is -0.563. The molecule has 2 N–H and O–H groups in total. The average molecular weight is 440 g/mol. The van der Waals surface area contributed by atoms with Crippen LogP contribution in [0.15, 0.2) is 30.6 Å². The first kappa shape index (κ1) is 24.0. The first-order valence-electron chi connectivity index (χ1n) is 10.2. The first-order chi connectivity index (χ1) is 14.3. The molecule has 2 heterocycles. The molecule has 10 heteroatoms. The number of likely N-dealkylation sites (N-methyl/N-ethyl adjacent to an activating group) is 1. The lowest BCUT2D eigenvalue weighted by molar-refractivity contribution is -0.531. The van der Waals surface area contributed by atoms with Gasteiger partial charge in [-0.3, -0.25) is 25.1 Å². The van der Waals surface area contributed by atoms with Crippen molar-refractivity contribution in [3.8, 4) is 0 Å². The van der Waals surface area contributed by atoms with Crippen LogP contribution in [0, 0.1) is 10.1 Å². The number of halogens is 1. The molecule has 0 fully saturated rings. The molecule has 30 heavy (non-hydrogen) atoms. The minimum Gasteiger partial charge on any atom is -0.462 e. The molecule has 1 aromatic rings. The molecule has 0 bridgehead atoms. The van der Waals surface area contributed by atoms with Crippen LogP contribution >= 0.6 is 11.6 Å². The summed E-state index contributed by atoms with van der Waals surface area (Å²) in [5, 5.41) is 18.9. The second kappa shape index (κ2) is 11.8. The number of ether oxygens (including phenoxy) is 1. The molecule has 1 aliphatic rings. The van der Waals surface area contributed by atoms with E-state index in [-0.39, 0.29) is 17.4 Å². The standard InChI is InChI=1S/C20H30ClN5O4/c1-4-14(3)30-18(27)11-16(26(28)29)19(20-22-9-6-10-23-20)25(5-2)13-15-7-8-17(21)24-12-15/h6-9,12,14,16,19-20,22-23H,4-5,10-11,13H2,1-3H3. The molecule has 0 spiro atoms. The molecule has 9 nitrogen and oxygen atoms in total. The Balaban J connectivity index is 2.29. The van der Waals surface area contributed by atoms with Crippen molar-refractivity contribution >= 4 is 17.6 Å². The topological polar surface area (TPSA) is 110 Å². The lowest BCUT2D eigenvalue weighted by atomic mass is 9.98. The van der Waals surface area contributed by atoms with E-state index in [1.165, 1.54) is 0 Å². The number of aromatic nitrogens is 1. The smallest absolute Gasteiger partial charge is 0.313 e. The average Bonchev–Trinajstić information content (AvgIpc) is 2.74. The van der Waals surface area contributed by atoms with Gasteiger partial charge in [0.25, 0.3) is 0 Å². The van der Waals surface area contributed by atoms with Crippen LogP contribution < -0.4 is 10.6 Å². The predicted molar refractivity (Wildman–Crippen MR) is 114 cm³/mol. The van der Waals surface area contributed by atoms with Gasteiger partial charge in [0.05, 0.1) is 12.3 Å². The minimum atomic E-state index is -1.15. The summed E-state index contributed by atoms with van der Waals surface area (Å²) >= 11 is 5.88. The van der Waals surface area contributed by atoms with E-state index in [1.54, 1.807) is 25.4 Å². The van der Waals surface area contributed by atoms with Gasteiger partial charge in [-0.2, -0.15) is 0 Å². The quantitative estimate of drug-likeness (QED) is 0.234. The molecule has 166 valence electrons. The second-order valence-electron chi connectivity index (χ2n) is 7.26. The minimum absolute atomic E-state index is 0.278. The summed E-state index contributed by atoms with van der Waals surface area (Å²) in [5.41, 5.74) is 0.877. The number of carbonyl (C=O) groups excluding carboxylic acids is 1. The predicted octanol–water partition coefficient (Wildman–Crippen LogP) is 2.34. The number of hydrogen-bond acceptors (Lipinski definition) is 8. The van der Waals surface area contributed by atoms with Crippen molar-refractivity contribution in [1.82, 2.24) is 20.5 Å². The Kier molecular flexibility index (Phi) is 9.48. The molecule has 4 unspecified atom stereocenters. The van der Waals surface area contributed by atoms with E-state index in [0.29, 0.717) is 31.2 Å². The van der Waals surface area contributed by atoms with Crippen molar-refractivity contribution in [2.24, 2.45) is 0 Å². The summed E-state index contributed by atoms with van der Waals surface area (Å²) in [4.78, 5) is 30.1. The summed E-state index contributed by atoms with van der Waals surface area (Å²) in [6.07, 6.45) is 5.00. The van der Waals surface area contributed by atoms with Gasteiger partial charge < -0.3 is 10.1 Å². The molecule has 0 aliphatic carbocycles. The fourth-order valence-electron chi connectivity index (χ4n) is 3.39. The maximum atomic E-state index is 12.4. The first-order valence-corrected chi connectivity index (χ1v) is 10.5. The zero-order valence-corrected chi connectivity index (χ0v) is 18.3. The molecule has 0 amide bonds. The van der Waals surface area contributed by atoms with E-state index in [1.807, 2.05) is 30.9 Å². The van der Waals surface area contributed by atoms with Crippen molar-refractivity contribution in [1.29, 1.82) is 0 Å². The zero-order valence-electron chi connectivity index (χ0n) is 17.6. The van der Waals surface area contributed by atoms with E-state index in [4.69, 9.17) is 16.3 Å². The highest BCUT2D eigenvalue weighted by molar-refractivity contribution is 6.29. The van der Waals surface area contributed by atoms with Crippen molar-refractivity contribution in [3.63, 3.8) is 0 Å². The molecule has 0 radical (unpaired) electrons. The molecule has 0 saturated carbocycles. The van der Waals surface area contributed by atoms with Crippen molar-refractivity contribution in [3.05, 3.63) is 51.4 Å². The summed E-state index contributed by atoms with van der Waals surface area (Å²) < 4.78 is 5.32. The van der Waals surface area contributed by atoms with Gasteiger partial charge in [-0.1, -0.05) is 37.6 Å². The third-order valence-corrected chi connectivity index (χ3v) is 5.36. The second-order valence-corrected chi connectivity index (χ2v) is 7.65. The van der Waals surface area contributed by atoms with E-state index in [0.717, 1.165) is 5.56 Å². The normalized spacial score (nSPS) is 19.0. The third-order valence-electron chi connectivity index (χ3n) is 5.14. The van der Waals surface area contributed by atoms with Gasteiger partial charge in [-0.25, -0.2) is 4.98 Å². The molecule has 1 aliphatic heterocycles. The van der Waals surface area contributed by atoms with Crippen LogP contribution in [-0.4, -0.2) is 58.2 Å². The Labute approximate surface area is 182 Å². The van der Waals surface area contributed by atoms with Gasteiger partial charge in [0.2, 0.25) is 6.04 Å². The Bertz CT molecular complexity index is 730. The molecule has 0 saturated heterocycles. The number of nitro groups is 1. The summed E-state index contributed by atoms with van der Waals surface area (Å²) in [6.45, 7) is 7.16. The van der Waals surface area contributed by atoms with Gasteiger partial charge in [0.1, 0.15) is 17.6 Å². The van der Waals surface area contributed by atoms with E-state index >= 15 is 0 Å². The number of pyridine rings is 1. The highest BCUT2D eigenvalue weighted by Crippen LogP contribution is 2.20. The lowest BCUT2D eigenvalue weighted by Gasteiger charge is -2.39. The molecule has 4 atom stereocenters. The maximum absolute atomic E-state index is 12.4. The number of nitrogens with one attached hydrogen (secondary N) is 2. The number of hydrogen-bond donors (Lipinski definition) is 2. The van der Waals surface area contributed by atoms with Crippen molar-refractivity contribution in [2.45, 2.75) is 64.5 Å². The molecule has 2 rings (SSSR count). The summed E-state index contributed by atoms with van der Waals surface area (Å²) in [7, 11) is 0. The lowest BCUT2D eigenvalue weighted by Crippen LogP contribution is -2.63. The summed E-state index contributed by atoms with van der Waals surface area (Å²) in [6, 6.07) is 1.77. The van der Waals surface area contributed by atoms with E-state index in [9.17, 15) is 14.9 Å². The van der Waals surface area contributed by atoms with Gasteiger partial charge in [-0.15, -0.1) is 0 Å². The molecular formula is C20H30ClN5O4. The Morgan fingerprint density at radius 2 is 2.23 bits per heavy atom. The molecular weight excluding hydrogens is 410 g/mol. The maximum Gasteiger partial charge on any atom is 0.313 e. The van der Waals surface area contributed by atoms with Crippen molar-refractivity contribution in [2.75, 3.05) is 13.1 Å². The fourth-order valence-corrected chi connectivity index (χ4v) is 3.50. The zero-order chi connectivity index (χ0) is 22.1. The van der Waals surface area contributed by atoms with E-state index in [2.05, 4.69) is 15.6 Å². The van der Waals surface area contributed by atoms with Gasteiger partial charge in [0.15, 0.2) is 0 Å². The Hall–Kier alpha value is -2.23. The largest absolute Gasteiger partial charge is 0.462 e. The van der Waals surface area contributed by atoms with Crippen LogP contribution in [0.25, 0.3) is 0 Å². The van der Waals surface area contributed by atoms with Crippen LogP contribution in [0.1, 0.15) is 39.2 Å². The highest BCUT2D eigenvalue weighted by atomic mass is 35.5. The molecule has 0 aromatic carbocycles. The fraction of sp³-hybridized carbons (Fsp3) is 0.600. The Morgan fingerprint density at radius 3 is 2.77 bits per heavy atom. The number of nitrogens with zero attached hydrogens (tertiary/aromatic N) is 3. The van der Waals surface area contributed by atoms with Crippen LogP contribution in [0.5, 0.6) is 0 Å². The molecule has 1 aromatic heterocycles. The number of rotatable bonds is 11. The third kappa shape index (κ3) is 6.93. The SMILES string of the molecule is CCC(C)OC(=O)CC(C(C1NC=CCN1)N(CC)Cc1ccc(Cl)nc1)[N+](=O)[O-]. The van der Waals surface area contributed by atoms with E-state index < -0.39 is 24.2 Å². The number of carbonyl (C=O) groups is 1. The van der Waals surface area contributed by atoms with Crippen molar-refractivity contribution < 1.29 is 14.5 Å². The van der Waals surface area contributed by atoms with Crippen LogP contribution in [0.3, 0.4) is 0 Å². The highest BCUT2D eigenvalue weighted by Gasteiger charge is 2.43. The van der Waals surface area contributed by atoms with Crippen LogP contribution in [0.4, 0.5) is 0 Å².